The highest BCUT2D eigenvalue weighted by Gasteiger charge is 2.18. The molecule has 0 aliphatic carbocycles. The predicted octanol–water partition coefficient (Wildman–Crippen LogP) is 3.47. The van der Waals surface area contributed by atoms with E-state index in [1.165, 1.54) is 0 Å². The third kappa shape index (κ3) is 3.51. The summed E-state index contributed by atoms with van der Waals surface area (Å²) in [5, 5.41) is 10.1. The molecule has 0 bridgehead atoms. The molecular weight excluding hydrogens is 250 g/mol. The van der Waals surface area contributed by atoms with Crippen LogP contribution in [-0.2, 0) is 0 Å². The van der Waals surface area contributed by atoms with Gasteiger partial charge in [0.2, 0.25) is 0 Å². The number of ether oxygens (including phenoxy) is 1. The van der Waals surface area contributed by atoms with Gasteiger partial charge in [0.15, 0.2) is 0 Å². The maximum atomic E-state index is 13.0. The zero-order valence-corrected chi connectivity index (χ0v) is 10.4. The molecule has 0 spiro atoms. The lowest BCUT2D eigenvalue weighted by molar-refractivity contribution is 0.0464. The summed E-state index contributed by atoms with van der Waals surface area (Å²) in [6.45, 7) is 1.64. The normalized spacial score (nSPS) is 13.9. The molecule has 0 fully saturated rings. The Morgan fingerprint density at radius 2 is 1.58 bits per heavy atom. The van der Waals surface area contributed by atoms with Crippen molar-refractivity contribution in [3.8, 4) is 5.75 Å². The Labute approximate surface area is 110 Å². The predicted molar refractivity (Wildman–Crippen MR) is 67.8 cm³/mol. The number of hydrogen-bond acceptors (Lipinski definition) is 2. The van der Waals surface area contributed by atoms with Crippen LogP contribution in [0.1, 0.15) is 18.6 Å². The molecular formula is C15H14F2O2. The summed E-state index contributed by atoms with van der Waals surface area (Å²) < 4.78 is 31.4. The molecule has 100 valence electrons. The van der Waals surface area contributed by atoms with E-state index in [4.69, 9.17) is 4.74 Å². The first-order valence-electron chi connectivity index (χ1n) is 5.92. The Morgan fingerprint density at radius 1 is 1.00 bits per heavy atom. The minimum absolute atomic E-state index is 0.0555. The smallest absolute Gasteiger partial charge is 0.129 e. The molecule has 2 rings (SSSR count). The molecule has 2 unspecified atom stereocenters. The third-order valence-electron chi connectivity index (χ3n) is 2.74. The summed E-state index contributed by atoms with van der Waals surface area (Å²) in [6.07, 6.45) is -1.49. The lowest BCUT2D eigenvalue weighted by atomic mass is 10.1. The van der Waals surface area contributed by atoms with Crippen LogP contribution in [-0.4, -0.2) is 11.2 Å². The summed E-state index contributed by atoms with van der Waals surface area (Å²) in [4.78, 5) is 0. The van der Waals surface area contributed by atoms with E-state index in [0.29, 0.717) is 5.56 Å². The molecule has 0 heterocycles. The molecule has 0 aliphatic heterocycles. The minimum Gasteiger partial charge on any atom is -0.487 e. The number of rotatable bonds is 4. The fourth-order valence-corrected chi connectivity index (χ4v) is 1.80. The second-order valence-corrected chi connectivity index (χ2v) is 4.28. The quantitative estimate of drug-likeness (QED) is 0.916. The van der Waals surface area contributed by atoms with Gasteiger partial charge in [0.05, 0.1) is 0 Å². The van der Waals surface area contributed by atoms with E-state index in [0.717, 1.165) is 18.2 Å². The average Bonchev–Trinajstić information content (AvgIpc) is 2.37. The average molecular weight is 264 g/mol. The van der Waals surface area contributed by atoms with Crippen molar-refractivity contribution < 1.29 is 18.6 Å². The summed E-state index contributed by atoms with van der Waals surface area (Å²) in [5.74, 6) is -1.37. The van der Waals surface area contributed by atoms with Crippen molar-refractivity contribution in [3.63, 3.8) is 0 Å². The second kappa shape index (κ2) is 5.80. The molecule has 2 nitrogen and oxygen atoms in total. The molecule has 0 radical (unpaired) electrons. The SMILES string of the molecule is CC(Oc1cc(F)cc(F)c1)C(O)c1ccccc1. The van der Waals surface area contributed by atoms with Crippen molar-refractivity contribution >= 4 is 0 Å². The number of halogens is 2. The van der Waals surface area contributed by atoms with Crippen LogP contribution in [0.15, 0.2) is 48.5 Å². The largest absolute Gasteiger partial charge is 0.487 e. The molecule has 0 saturated carbocycles. The molecule has 0 aliphatic rings. The van der Waals surface area contributed by atoms with Gasteiger partial charge in [-0.2, -0.15) is 0 Å². The van der Waals surface area contributed by atoms with Crippen LogP contribution in [0.5, 0.6) is 5.75 Å². The highest BCUT2D eigenvalue weighted by Crippen LogP contribution is 2.23. The number of aliphatic hydroxyl groups is 1. The summed E-state index contributed by atoms with van der Waals surface area (Å²) in [5.41, 5.74) is 0.687. The Kier molecular flexibility index (Phi) is 4.12. The van der Waals surface area contributed by atoms with E-state index in [1.807, 2.05) is 6.07 Å². The van der Waals surface area contributed by atoms with E-state index >= 15 is 0 Å². The van der Waals surface area contributed by atoms with Crippen molar-refractivity contribution in [2.75, 3.05) is 0 Å². The lowest BCUT2D eigenvalue weighted by Gasteiger charge is -2.21. The van der Waals surface area contributed by atoms with Gasteiger partial charge in [0, 0.05) is 18.2 Å². The number of benzene rings is 2. The van der Waals surface area contributed by atoms with Gasteiger partial charge in [-0.15, -0.1) is 0 Å². The fraction of sp³-hybridized carbons (Fsp3) is 0.200. The van der Waals surface area contributed by atoms with Crippen LogP contribution in [0, 0.1) is 11.6 Å². The maximum Gasteiger partial charge on any atom is 0.129 e. The van der Waals surface area contributed by atoms with Crippen molar-refractivity contribution in [1.29, 1.82) is 0 Å². The molecule has 0 saturated heterocycles. The summed E-state index contributed by atoms with van der Waals surface area (Å²) in [7, 11) is 0. The molecule has 4 heteroatoms. The monoisotopic (exact) mass is 264 g/mol. The van der Waals surface area contributed by atoms with Gasteiger partial charge in [-0.1, -0.05) is 30.3 Å². The van der Waals surface area contributed by atoms with Gasteiger partial charge in [0.1, 0.15) is 29.6 Å². The van der Waals surface area contributed by atoms with Gasteiger partial charge in [-0.3, -0.25) is 0 Å². The Balaban J connectivity index is 2.10. The van der Waals surface area contributed by atoms with Crippen molar-refractivity contribution in [3.05, 3.63) is 65.7 Å². The standard InChI is InChI=1S/C15H14F2O2/c1-10(15(18)11-5-3-2-4-6-11)19-14-8-12(16)7-13(17)9-14/h2-10,15,18H,1H3. The van der Waals surface area contributed by atoms with Gasteiger partial charge in [-0.25, -0.2) is 8.78 Å². The molecule has 1 N–H and O–H groups in total. The van der Waals surface area contributed by atoms with E-state index in [-0.39, 0.29) is 5.75 Å². The molecule has 2 aromatic carbocycles. The van der Waals surface area contributed by atoms with E-state index in [9.17, 15) is 13.9 Å². The molecule has 0 aromatic heterocycles. The first-order valence-corrected chi connectivity index (χ1v) is 5.92. The first-order chi connectivity index (χ1) is 9.06. The fourth-order valence-electron chi connectivity index (χ4n) is 1.80. The summed E-state index contributed by atoms with van der Waals surface area (Å²) in [6, 6.07) is 11.9. The van der Waals surface area contributed by atoms with E-state index in [1.54, 1.807) is 31.2 Å². The highest BCUT2D eigenvalue weighted by molar-refractivity contribution is 5.25. The molecule has 2 aromatic rings. The van der Waals surface area contributed by atoms with Crippen molar-refractivity contribution in [2.45, 2.75) is 19.1 Å². The van der Waals surface area contributed by atoms with Crippen LogP contribution in [0.3, 0.4) is 0 Å². The highest BCUT2D eigenvalue weighted by atomic mass is 19.1. The number of aliphatic hydroxyl groups excluding tert-OH is 1. The van der Waals surface area contributed by atoms with E-state index in [2.05, 4.69) is 0 Å². The second-order valence-electron chi connectivity index (χ2n) is 4.28. The maximum absolute atomic E-state index is 13.0. The van der Waals surface area contributed by atoms with Gasteiger partial charge in [0.25, 0.3) is 0 Å². The lowest BCUT2D eigenvalue weighted by Crippen LogP contribution is -2.21. The minimum atomic E-state index is -0.868. The van der Waals surface area contributed by atoms with Crippen molar-refractivity contribution in [1.82, 2.24) is 0 Å². The van der Waals surface area contributed by atoms with Crippen LogP contribution >= 0.6 is 0 Å². The van der Waals surface area contributed by atoms with Crippen LogP contribution in [0.25, 0.3) is 0 Å². The first kappa shape index (κ1) is 13.5. The number of hydrogen-bond donors (Lipinski definition) is 1. The van der Waals surface area contributed by atoms with Gasteiger partial charge < -0.3 is 9.84 Å². The summed E-state index contributed by atoms with van der Waals surface area (Å²) >= 11 is 0. The molecule has 0 amide bonds. The molecule has 19 heavy (non-hydrogen) atoms. The van der Waals surface area contributed by atoms with Gasteiger partial charge in [-0.05, 0) is 12.5 Å². The van der Waals surface area contributed by atoms with Crippen LogP contribution in [0.2, 0.25) is 0 Å². The zero-order chi connectivity index (χ0) is 13.8. The zero-order valence-electron chi connectivity index (χ0n) is 10.4. The third-order valence-corrected chi connectivity index (χ3v) is 2.74. The van der Waals surface area contributed by atoms with Crippen molar-refractivity contribution in [2.24, 2.45) is 0 Å². The van der Waals surface area contributed by atoms with Crippen LogP contribution < -0.4 is 4.74 Å². The topological polar surface area (TPSA) is 29.5 Å². The Morgan fingerprint density at radius 3 is 2.16 bits per heavy atom. The van der Waals surface area contributed by atoms with Crippen LogP contribution in [0.4, 0.5) is 8.78 Å². The van der Waals surface area contributed by atoms with Gasteiger partial charge >= 0.3 is 0 Å². The Hall–Kier alpha value is -1.94. The Bertz CT molecular complexity index is 523. The van der Waals surface area contributed by atoms with E-state index < -0.39 is 23.8 Å². The molecule has 2 atom stereocenters.